The van der Waals surface area contributed by atoms with Crippen molar-refractivity contribution < 1.29 is 9.21 Å². The van der Waals surface area contributed by atoms with Crippen molar-refractivity contribution in [1.29, 1.82) is 0 Å². The fraction of sp³-hybridized carbons (Fsp3) is 0.118. The minimum absolute atomic E-state index is 0.154. The van der Waals surface area contributed by atoms with Crippen LogP contribution in [0.15, 0.2) is 46.9 Å². The molecule has 7 heteroatoms. The van der Waals surface area contributed by atoms with Gasteiger partial charge in [-0.2, -0.15) is 0 Å². The third kappa shape index (κ3) is 3.55. The van der Waals surface area contributed by atoms with Crippen molar-refractivity contribution in [2.75, 3.05) is 5.43 Å². The highest BCUT2D eigenvalue weighted by Gasteiger charge is 2.14. The van der Waals surface area contributed by atoms with Crippen molar-refractivity contribution in [3.63, 3.8) is 0 Å². The van der Waals surface area contributed by atoms with Crippen LogP contribution in [-0.2, 0) is 0 Å². The van der Waals surface area contributed by atoms with Crippen LogP contribution in [0.5, 0.6) is 0 Å². The maximum Gasteiger partial charge on any atom is 0.305 e. The van der Waals surface area contributed by atoms with Crippen LogP contribution in [-0.4, -0.2) is 15.9 Å². The van der Waals surface area contributed by atoms with E-state index in [2.05, 4.69) is 20.8 Å². The number of nitrogens with zero attached hydrogens (tertiary/aromatic N) is 2. The monoisotopic (exact) mass is 342 g/mol. The van der Waals surface area contributed by atoms with E-state index in [9.17, 15) is 4.79 Å². The number of furan rings is 1. The summed E-state index contributed by atoms with van der Waals surface area (Å²) in [4.78, 5) is 20.5. The first-order valence-corrected chi connectivity index (χ1v) is 7.64. The predicted molar refractivity (Wildman–Crippen MR) is 91.7 cm³/mol. The average Bonchev–Trinajstić information content (AvgIpc) is 3.02. The van der Waals surface area contributed by atoms with Crippen LogP contribution in [0, 0.1) is 13.8 Å². The smallest absolute Gasteiger partial charge is 0.305 e. The first-order chi connectivity index (χ1) is 11.5. The van der Waals surface area contributed by atoms with Gasteiger partial charge in [0.15, 0.2) is 5.76 Å². The number of hydrogen-bond donors (Lipinski definition) is 2. The number of halogens is 1. The Morgan fingerprint density at radius 1 is 1.08 bits per heavy atom. The van der Waals surface area contributed by atoms with E-state index < -0.39 is 5.91 Å². The van der Waals surface area contributed by atoms with Gasteiger partial charge in [0.05, 0.1) is 5.02 Å². The molecule has 1 aromatic carbocycles. The molecule has 1 amide bonds. The molecule has 0 saturated carbocycles. The predicted octanol–water partition coefficient (Wildman–Crippen LogP) is 3.76. The molecule has 0 aliphatic carbocycles. The maximum atomic E-state index is 12.2. The summed E-state index contributed by atoms with van der Waals surface area (Å²) in [7, 11) is 0. The Hall–Kier alpha value is -2.86. The van der Waals surface area contributed by atoms with E-state index in [1.54, 1.807) is 18.2 Å². The van der Waals surface area contributed by atoms with E-state index in [0.29, 0.717) is 16.7 Å². The zero-order chi connectivity index (χ0) is 17.1. The Morgan fingerprint density at radius 2 is 1.79 bits per heavy atom. The molecule has 0 aliphatic heterocycles. The van der Waals surface area contributed by atoms with Gasteiger partial charge in [0.25, 0.3) is 0 Å². The highest BCUT2D eigenvalue weighted by Crippen LogP contribution is 2.28. The number of hydrogen-bond acceptors (Lipinski definition) is 5. The molecule has 0 bridgehead atoms. The van der Waals surface area contributed by atoms with Crippen LogP contribution in [0.2, 0.25) is 5.02 Å². The molecule has 2 heterocycles. The molecule has 6 nitrogen and oxygen atoms in total. The summed E-state index contributed by atoms with van der Waals surface area (Å²) >= 11 is 6.13. The van der Waals surface area contributed by atoms with E-state index >= 15 is 0 Å². The summed E-state index contributed by atoms with van der Waals surface area (Å²) in [5, 5.41) is 0.556. The highest BCUT2D eigenvalue weighted by atomic mass is 35.5. The number of aromatic nitrogens is 2. The van der Waals surface area contributed by atoms with E-state index in [1.165, 1.54) is 0 Å². The number of carbonyl (C=O) groups is 1. The molecule has 0 unspecified atom stereocenters. The summed E-state index contributed by atoms with van der Waals surface area (Å²) in [6, 6.07) is 12.4. The standard InChI is InChI=1S/C17H15ClN4O2/c1-10-9-11(2)20-17(19-10)22-21-16(23)15-8-7-14(24-15)12-5-3-4-6-13(12)18/h3-9H,1-2H3,(H,21,23)(H,19,20,22). The molecule has 3 rings (SSSR count). The van der Waals surface area contributed by atoms with Crippen LogP contribution in [0.1, 0.15) is 21.9 Å². The van der Waals surface area contributed by atoms with Crippen LogP contribution < -0.4 is 10.9 Å². The molecule has 0 aliphatic rings. The van der Waals surface area contributed by atoms with Crippen molar-refractivity contribution >= 4 is 23.5 Å². The summed E-state index contributed by atoms with van der Waals surface area (Å²) in [5.41, 5.74) is 7.52. The topological polar surface area (TPSA) is 80.0 Å². The number of benzene rings is 1. The van der Waals surface area contributed by atoms with Crippen molar-refractivity contribution in [2.24, 2.45) is 0 Å². The van der Waals surface area contributed by atoms with Crippen LogP contribution >= 0.6 is 11.6 Å². The molecule has 3 aromatic rings. The molecule has 24 heavy (non-hydrogen) atoms. The largest absolute Gasteiger partial charge is 0.451 e. The second kappa shape index (κ2) is 6.72. The first-order valence-electron chi connectivity index (χ1n) is 7.26. The molecule has 122 valence electrons. The van der Waals surface area contributed by atoms with Crippen LogP contribution in [0.25, 0.3) is 11.3 Å². The Bertz CT molecular complexity index is 872. The SMILES string of the molecule is Cc1cc(C)nc(NNC(=O)c2ccc(-c3ccccc3Cl)o2)n1. The lowest BCUT2D eigenvalue weighted by molar-refractivity contribution is 0.0935. The van der Waals surface area contributed by atoms with E-state index in [4.69, 9.17) is 16.0 Å². The fourth-order valence-corrected chi connectivity index (χ4v) is 2.45. The molecule has 0 atom stereocenters. The third-order valence-corrected chi connectivity index (χ3v) is 3.57. The first kappa shape index (κ1) is 16.0. The number of rotatable bonds is 4. The summed E-state index contributed by atoms with van der Waals surface area (Å²) in [6.07, 6.45) is 0. The van der Waals surface area contributed by atoms with Gasteiger partial charge in [0.2, 0.25) is 5.95 Å². The minimum atomic E-state index is -0.434. The lowest BCUT2D eigenvalue weighted by atomic mass is 10.2. The summed E-state index contributed by atoms with van der Waals surface area (Å²) in [6.45, 7) is 3.70. The lowest BCUT2D eigenvalue weighted by Crippen LogP contribution is -2.30. The average molecular weight is 343 g/mol. The van der Waals surface area contributed by atoms with Gasteiger partial charge in [-0.1, -0.05) is 23.7 Å². The molecular weight excluding hydrogens is 328 g/mol. The van der Waals surface area contributed by atoms with E-state index in [-0.39, 0.29) is 5.76 Å². The molecular formula is C17H15ClN4O2. The second-order valence-electron chi connectivity index (χ2n) is 5.20. The Balaban J connectivity index is 1.71. The van der Waals surface area contributed by atoms with Crippen molar-refractivity contribution in [1.82, 2.24) is 15.4 Å². The Labute approximate surface area is 143 Å². The fourth-order valence-electron chi connectivity index (χ4n) is 2.22. The number of hydrazine groups is 1. The number of amides is 1. The highest BCUT2D eigenvalue weighted by molar-refractivity contribution is 6.33. The third-order valence-electron chi connectivity index (χ3n) is 3.24. The maximum absolute atomic E-state index is 12.2. The number of aryl methyl sites for hydroxylation is 2. The van der Waals surface area contributed by atoms with Crippen molar-refractivity contribution in [3.8, 4) is 11.3 Å². The van der Waals surface area contributed by atoms with Crippen LogP contribution in [0.3, 0.4) is 0 Å². The van der Waals surface area contributed by atoms with Crippen LogP contribution in [0.4, 0.5) is 5.95 Å². The molecule has 0 radical (unpaired) electrons. The Kier molecular flexibility index (Phi) is 4.48. The number of carbonyl (C=O) groups excluding carboxylic acids is 1. The van der Waals surface area contributed by atoms with Gasteiger partial charge in [-0.25, -0.2) is 9.97 Å². The van der Waals surface area contributed by atoms with Crippen molar-refractivity contribution in [2.45, 2.75) is 13.8 Å². The summed E-state index contributed by atoms with van der Waals surface area (Å²) in [5.74, 6) is 0.560. The quantitative estimate of drug-likeness (QED) is 0.705. The number of anilines is 1. The van der Waals surface area contributed by atoms with Crippen molar-refractivity contribution in [3.05, 3.63) is 64.6 Å². The molecule has 0 spiro atoms. The van der Waals surface area contributed by atoms with E-state index in [1.807, 2.05) is 38.1 Å². The normalized spacial score (nSPS) is 10.5. The van der Waals surface area contributed by atoms with Gasteiger partial charge in [-0.3, -0.25) is 15.6 Å². The molecule has 2 N–H and O–H groups in total. The molecule has 0 fully saturated rings. The zero-order valence-electron chi connectivity index (χ0n) is 13.1. The minimum Gasteiger partial charge on any atom is -0.451 e. The Morgan fingerprint density at radius 3 is 2.50 bits per heavy atom. The van der Waals surface area contributed by atoms with Gasteiger partial charge in [0, 0.05) is 17.0 Å². The van der Waals surface area contributed by atoms with Gasteiger partial charge < -0.3 is 4.42 Å². The van der Waals surface area contributed by atoms with Gasteiger partial charge in [-0.15, -0.1) is 0 Å². The molecule has 0 saturated heterocycles. The molecule has 2 aromatic heterocycles. The van der Waals surface area contributed by atoms with Gasteiger partial charge in [-0.05, 0) is 44.2 Å². The second-order valence-corrected chi connectivity index (χ2v) is 5.60. The van der Waals surface area contributed by atoms with E-state index in [0.717, 1.165) is 17.0 Å². The van der Waals surface area contributed by atoms with Gasteiger partial charge >= 0.3 is 5.91 Å². The van der Waals surface area contributed by atoms with Gasteiger partial charge in [0.1, 0.15) is 5.76 Å². The lowest BCUT2D eigenvalue weighted by Gasteiger charge is -2.07. The zero-order valence-corrected chi connectivity index (χ0v) is 13.9. The summed E-state index contributed by atoms with van der Waals surface area (Å²) < 4.78 is 5.57. The number of nitrogens with one attached hydrogen (secondary N) is 2.